The average Bonchev–Trinajstić information content (AvgIpc) is 2.75. The van der Waals surface area contributed by atoms with Gasteiger partial charge in [0, 0.05) is 0 Å². The summed E-state index contributed by atoms with van der Waals surface area (Å²) >= 11 is 0. The normalized spacial score (nSPS) is 34.4. The molecule has 0 unspecified atom stereocenters. The highest BCUT2D eigenvalue weighted by atomic mass is 16.6. The molecule has 0 aromatic heterocycles. The Kier molecular flexibility index (Phi) is 5.29. The quantitative estimate of drug-likeness (QED) is 0.599. The van der Waals surface area contributed by atoms with E-state index in [-0.39, 0.29) is 5.57 Å². The molecule has 0 spiro atoms. The SMILES string of the molecule is CC[C@@H](C)C[C@@H](C)C=C[C@H]1OC2=C(C(=O)O[C@@H]2C)[C@@H](O)[C@@H]1O. The maximum atomic E-state index is 11.7. The predicted octanol–water partition coefficient (Wildman–Crippen LogP) is 1.93. The highest BCUT2D eigenvalue weighted by Gasteiger charge is 2.46. The van der Waals surface area contributed by atoms with Crippen LogP contribution in [0.1, 0.15) is 40.5 Å². The maximum Gasteiger partial charge on any atom is 0.341 e. The first-order valence-electron chi connectivity index (χ1n) is 8.01. The zero-order chi connectivity index (χ0) is 16.4. The molecule has 22 heavy (non-hydrogen) atoms. The Labute approximate surface area is 131 Å². The standard InChI is InChI=1S/C17H26O5/c1-5-9(2)8-10(3)6-7-12-14(18)15(19)13-16(22-12)11(4)21-17(13)20/h6-7,9-12,14-15,18-19H,5,8H2,1-4H3/t9-,10+,11-,12-,14-,15-/m1/s1. The Morgan fingerprint density at radius 3 is 2.59 bits per heavy atom. The molecule has 0 aromatic carbocycles. The van der Waals surface area contributed by atoms with Crippen molar-refractivity contribution in [2.24, 2.45) is 11.8 Å². The molecule has 0 aromatic rings. The summed E-state index contributed by atoms with van der Waals surface area (Å²) in [6.45, 7) is 8.18. The smallest absolute Gasteiger partial charge is 0.341 e. The molecule has 2 aliphatic heterocycles. The molecule has 2 N–H and O–H groups in total. The molecule has 2 rings (SSSR count). The van der Waals surface area contributed by atoms with E-state index in [9.17, 15) is 15.0 Å². The number of carbonyl (C=O) groups excluding carboxylic acids is 1. The number of ether oxygens (including phenoxy) is 2. The second-order valence-corrected chi connectivity index (χ2v) is 6.45. The van der Waals surface area contributed by atoms with E-state index in [0.29, 0.717) is 17.6 Å². The maximum absolute atomic E-state index is 11.7. The molecule has 0 radical (unpaired) electrons. The van der Waals surface area contributed by atoms with Crippen molar-refractivity contribution >= 4 is 5.97 Å². The topological polar surface area (TPSA) is 76.0 Å². The zero-order valence-corrected chi connectivity index (χ0v) is 13.7. The van der Waals surface area contributed by atoms with Gasteiger partial charge >= 0.3 is 5.97 Å². The number of cyclic esters (lactones) is 1. The molecule has 124 valence electrons. The Balaban J connectivity index is 2.07. The van der Waals surface area contributed by atoms with Crippen molar-refractivity contribution in [3.8, 4) is 0 Å². The second kappa shape index (κ2) is 6.84. The van der Waals surface area contributed by atoms with E-state index < -0.39 is 30.4 Å². The largest absolute Gasteiger partial charge is 0.483 e. The molecular weight excluding hydrogens is 284 g/mol. The third-order valence-electron chi connectivity index (χ3n) is 4.46. The van der Waals surface area contributed by atoms with Crippen LogP contribution in [0.25, 0.3) is 0 Å². The number of aliphatic hydroxyl groups excluding tert-OH is 2. The lowest BCUT2D eigenvalue weighted by Crippen LogP contribution is -2.44. The number of carbonyl (C=O) groups is 1. The van der Waals surface area contributed by atoms with Crippen LogP contribution in [-0.2, 0) is 14.3 Å². The summed E-state index contributed by atoms with van der Waals surface area (Å²) in [4.78, 5) is 11.7. The highest BCUT2D eigenvalue weighted by Crippen LogP contribution is 2.34. The first-order valence-corrected chi connectivity index (χ1v) is 8.01. The van der Waals surface area contributed by atoms with E-state index in [4.69, 9.17) is 9.47 Å². The molecule has 2 aliphatic rings. The van der Waals surface area contributed by atoms with Crippen molar-refractivity contribution in [1.29, 1.82) is 0 Å². The molecule has 0 saturated heterocycles. The number of allylic oxidation sites excluding steroid dienone is 1. The van der Waals surface area contributed by atoms with Crippen LogP contribution in [0.2, 0.25) is 0 Å². The van der Waals surface area contributed by atoms with E-state index >= 15 is 0 Å². The average molecular weight is 310 g/mol. The van der Waals surface area contributed by atoms with E-state index in [0.717, 1.165) is 12.8 Å². The predicted molar refractivity (Wildman–Crippen MR) is 81.8 cm³/mol. The molecule has 6 atom stereocenters. The molecule has 0 fully saturated rings. The summed E-state index contributed by atoms with van der Waals surface area (Å²) in [5.74, 6) is 0.725. The first-order chi connectivity index (χ1) is 10.3. The third-order valence-corrected chi connectivity index (χ3v) is 4.46. The van der Waals surface area contributed by atoms with Gasteiger partial charge in [0.05, 0.1) is 0 Å². The Bertz CT molecular complexity index is 481. The second-order valence-electron chi connectivity index (χ2n) is 6.45. The van der Waals surface area contributed by atoms with E-state index in [1.165, 1.54) is 0 Å². The minimum absolute atomic E-state index is 0.0531. The summed E-state index contributed by atoms with van der Waals surface area (Å²) in [6, 6.07) is 0. The van der Waals surface area contributed by atoms with E-state index in [1.54, 1.807) is 13.0 Å². The van der Waals surface area contributed by atoms with Gasteiger partial charge in [-0.2, -0.15) is 0 Å². The number of aliphatic hydroxyl groups is 2. The van der Waals surface area contributed by atoms with Crippen LogP contribution < -0.4 is 0 Å². The van der Waals surface area contributed by atoms with Crippen LogP contribution in [0.4, 0.5) is 0 Å². The number of hydrogen-bond acceptors (Lipinski definition) is 5. The third kappa shape index (κ3) is 3.36. The first kappa shape index (κ1) is 17.0. The van der Waals surface area contributed by atoms with Crippen molar-refractivity contribution in [2.75, 3.05) is 0 Å². The van der Waals surface area contributed by atoms with Gasteiger partial charge in [-0.1, -0.05) is 33.3 Å². The van der Waals surface area contributed by atoms with Crippen molar-refractivity contribution in [1.82, 2.24) is 0 Å². The summed E-state index contributed by atoms with van der Waals surface area (Å²) in [7, 11) is 0. The fourth-order valence-electron chi connectivity index (χ4n) is 2.92. The highest BCUT2D eigenvalue weighted by molar-refractivity contribution is 5.93. The fraction of sp³-hybridized carbons (Fsp3) is 0.706. The summed E-state index contributed by atoms with van der Waals surface area (Å²) in [5.41, 5.74) is 0.0531. The van der Waals surface area contributed by atoms with Crippen LogP contribution in [0, 0.1) is 11.8 Å². The van der Waals surface area contributed by atoms with Gasteiger partial charge in [-0.25, -0.2) is 4.79 Å². The number of rotatable bonds is 5. The lowest BCUT2D eigenvalue weighted by atomic mass is 9.92. The van der Waals surface area contributed by atoms with Crippen LogP contribution in [0.3, 0.4) is 0 Å². The van der Waals surface area contributed by atoms with Crippen molar-refractivity contribution < 1.29 is 24.5 Å². The summed E-state index contributed by atoms with van der Waals surface area (Å²) in [5, 5.41) is 20.3. The van der Waals surface area contributed by atoms with Crippen LogP contribution in [-0.4, -0.2) is 40.6 Å². The lowest BCUT2D eigenvalue weighted by molar-refractivity contribution is -0.140. The van der Waals surface area contributed by atoms with Crippen molar-refractivity contribution in [2.45, 2.75) is 65.0 Å². The molecule has 0 saturated carbocycles. The number of hydrogen-bond donors (Lipinski definition) is 2. The molecule has 2 heterocycles. The molecule has 0 aliphatic carbocycles. The van der Waals surface area contributed by atoms with E-state index in [1.807, 2.05) is 6.08 Å². The van der Waals surface area contributed by atoms with Crippen molar-refractivity contribution in [3.05, 3.63) is 23.5 Å². The number of esters is 1. The van der Waals surface area contributed by atoms with Crippen LogP contribution in [0.15, 0.2) is 23.5 Å². The molecule has 5 nitrogen and oxygen atoms in total. The molecular formula is C17H26O5. The Hall–Kier alpha value is -1.33. The van der Waals surface area contributed by atoms with Gasteiger partial charge in [-0.05, 0) is 31.3 Å². The molecule has 5 heteroatoms. The van der Waals surface area contributed by atoms with Gasteiger partial charge < -0.3 is 19.7 Å². The Morgan fingerprint density at radius 1 is 1.27 bits per heavy atom. The van der Waals surface area contributed by atoms with Gasteiger partial charge in [-0.3, -0.25) is 0 Å². The summed E-state index contributed by atoms with van der Waals surface area (Å²) in [6.07, 6.45) is 2.37. The minimum Gasteiger partial charge on any atom is -0.483 e. The van der Waals surface area contributed by atoms with Gasteiger partial charge in [-0.15, -0.1) is 0 Å². The van der Waals surface area contributed by atoms with Gasteiger partial charge in [0.2, 0.25) is 0 Å². The lowest BCUT2D eigenvalue weighted by Gasteiger charge is -2.31. The van der Waals surface area contributed by atoms with Crippen molar-refractivity contribution in [3.63, 3.8) is 0 Å². The van der Waals surface area contributed by atoms with Gasteiger partial charge in [0.25, 0.3) is 0 Å². The zero-order valence-electron chi connectivity index (χ0n) is 13.7. The van der Waals surface area contributed by atoms with E-state index in [2.05, 4.69) is 20.8 Å². The molecule has 0 bridgehead atoms. The van der Waals surface area contributed by atoms with Gasteiger partial charge in [0.15, 0.2) is 11.9 Å². The Morgan fingerprint density at radius 2 is 1.95 bits per heavy atom. The fourth-order valence-corrected chi connectivity index (χ4v) is 2.92. The van der Waals surface area contributed by atoms with Gasteiger partial charge in [0.1, 0.15) is 23.9 Å². The molecule has 0 amide bonds. The van der Waals surface area contributed by atoms with Crippen LogP contribution in [0.5, 0.6) is 0 Å². The van der Waals surface area contributed by atoms with Crippen LogP contribution >= 0.6 is 0 Å². The minimum atomic E-state index is -1.26. The summed E-state index contributed by atoms with van der Waals surface area (Å²) < 4.78 is 10.7. The monoisotopic (exact) mass is 310 g/mol.